The van der Waals surface area contributed by atoms with Crippen molar-refractivity contribution in [3.63, 3.8) is 0 Å². The first-order valence-corrected chi connectivity index (χ1v) is 9.38. The molecule has 8 heteroatoms. The largest absolute Gasteiger partial charge is 0.383 e. The Morgan fingerprint density at radius 3 is 2.75 bits per heavy atom. The van der Waals surface area contributed by atoms with E-state index in [1.807, 2.05) is 44.2 Å². The molecule has 0 aliphatic carbocycles. The summed E-state index contributed by atoms with van der Waals surface area (Å²) in [5, 5.41) is 14.8. The first-order chi connectivity index (χ1) is 11.6. The van der Waals surface area contributed by atoms with Crippen LogP contribution in [0.3, 0.4) is 0 Å². The third-order valence-electron chi connectivity index (χ3n) is 3.29. The van der Waals surface area contributed by atoms with Gasteiger partial charge in [0.15, 0.2) is 4.34 Å². The van der Waals surface area contributed by atoms with Gasteiger partial charge in [-0.15, -0.1) is 10.2 Å². The minimum Gasteiger partial charge on any atom is -0.383 e. The van der Waals surface area contributed by atoms with Crippen molar-refractivity contribution < 1.29 is 9.53 Å². The van der Waals surface area contributed by atoms with Gasteiger partial charge in [0.25, 0.3) is 0 Å². The summed E-state index contributed by atoms with van der Waals surface area (Å²) in [6.45, 7) is 5.14. The van der Waals surface area contributed by atoms with Crippen molar-refractivity contribution in [2.24, 2.45) is 0 Å². The zero-order chi connectivity index (χ0) is 17.4. The van der Waals surface area contributed by atoms with Crippen LogP contribution in [-0.2, 0) is 9.53 Å². The topological polar surface area (TPSA) is 76.1 Å². The van der Waals surface area contributed by atoms with Gasteiger partial charge in [-0.1, -0.05) is 53.4 Å². The van der Waals surface area contributed by atoms with E-state index in [2.05, 4.69) is 20.8 Å². The zero-order valence-electron chi connectivity index (χ0n) is 14.0. The number of nitrogens with one attached hydrogen (secondary N) is 2. The number of nitrogens with zero attached hydrogens (tertiary/aromatic N) is 2. The van der Waals surface area contributed by atoms with Crippen LogP contribution in [0.4, 0.5) is 5.13 Å². The normalized spacial score (nSPS) is 13.3. The number of thioether (sulfide) groups is 1. The predicted octanol–water partition coefficient (Wildman–Crippen LogP) is 2.95. The summed E-state index contributed by atoms with van der Waals surface area (Å²) < 4.78 is 5.74. The number of carbonyl (C=O) groups excluding carboxylic acids is 1. The van der Waals surface area contributed by atoms with Crippen LogP contribution in [0.2, 0.25) is 0 Å². The van der Waals surface area contributed by atoms with Gasteiger partial charge in [-0.25, -0.2) is 0 Å². The molecule has 0 radical (unpaired) electrons. The Hall–Kier alpha value is -1.64. The summed E-state index contributed by atoms with van der Waals surface area (Å²) in [6, 6.07) is 9.88. The average Bonchev–Trinajstić information content (AvgIpc) is 3.03. The van der Waals surface area contributed by atoms with E-state index in [1.165, 1.54) is 23.1 Å². The molecule has 0 bridgehead atoms. The molecule has 130 valence electrons. The van der Waals surface area contributed by atoms with E-state index in [4.69, 9.17) is 4.74 Å². The first kappa shape index (κ1) is 18.7. The smallest absolute Gasteiger partial charge is 0.233 e. The number of aromatic nitrogens is 2. The Morgan fingerprint density at radius 1 is 1.29 bits per heavy atom. The highest BCUT2D eigenvalue weighted by Crippen LogP contribution is 2.29. The van der Waals surface area contributed by atoms with Crippen LogP contribution in [0.15, 0.2) is 34.7 Å². The fourth-order valence-electron chi connectivity index (χ4n) is 1.95. The van der Waals surface area contributed by atoms with Gasteiger partial charge >= 0.3 is 0 Å². The lowest BCUT2D eigenvalue weighted by Gasteiger charge is -2.17. The summed E-state index contributed by atoms with van der Waals surface area (Å²) in [7, 11) is 1.65. The van der Waals surface area contributed by atoms with Gasteiger partial charge in [0, 0.05) is 13.7 Å². The Bertz CT molecular complexity index is 636. The highest BCUT2D eigenvalue weighted by atomic mass is 32.2. The van der Waals surface area contributed by atoms with Crippen molar-refractivity contribution in [3.8, 4) is 0 Å². The van der Waals surface area contributed by atoms with Crippen LogP contribution in [-0.4, -0.2) is 41.6 Å². The fourth-order valence-corrected chi connectivity index (χ4v) is 3.88. The molecular formula is C16H22N4O2S2. The molecule has 0 spiro atoms. The second-order valence-electron chi connectivity index (χ2n) is 5.19. The van der Waals surface area contributed by atoms with E-state index in [0.29, 0.717) is 13.2 Å². The van der Waals surface area contributed by atoms with Gasteiger partial charge in [0.05, 0.1) is 17.9 Å². The zero-order valence-corrected chi connectivity index (χ0v) is 15.6. The molecule has 2 atom stereocenters. The molecule has 1 amide bonds. The number of amides is 1. The highest BCUT2D eigenvalue weighted by molar-refractivity contribution is 8.02. The van der Waals surface area contributed by atoms with E-state index < -0.39 is 0 Å². The molecule has 0 saturated carbocycles. The number of carbonyl (C=O) groups is 1. The van der Waals surface area contributed by atoms with Crippen LogP contribution in [0, 0.1) is 0 Å². The second kappa shape index (κ2) is 9.61. The maximum Gasteiger partial charge on any atom is 0.233 e. The van der Waals surface area contributed by atoms with Crippen LogP contribution < -0.4 is 10.6 Å². The summed E-state index contributed by atoms with van der Waals surface area (Å²) in [4.78, 5) is 12.3. The number of benzene rings is 1. The van der Waals surface area contributed by atoms with E-state index in [9.17, 15) is 4.79 Å². The van der Waals surface area contributed by atoms with Crippen LogP contribution in [0.25, 0.3) is 0 Å². The molecule has 2 rings (SSSR count). The Morgan fingerprint density at radius 2 is 2.04 bits per heavy atom. The molecule has 2 N–H and O–H groups in total. The lowest BCUT2D eigenvalue weighted by molar-refractivity contribution is -0.120. The van der Waals surface area contributed by atoms with Gasteiger partial charge < -0.3 is 15.4 Å². The highest BCUT2D eigenvalue weighted by Gasteiger charge is 2.19. The van der Waals surface area contributed by atoms with Crippen molar-refractivity contribution >= 4 is 34.1 Å². The van der Waals surface area contributed by atoms with E-state index in [-0.39, 0.29) is 17.2 Å². The molecular weight excluding hydrogens is 344 g/mol. The maximum atomic E-state index is 12.3. The molecule has 0 saturated heterocycles. The van der Waals surface area contributed by atoms with Crippen molar-refractivity contribution in [1.29, 1.82) is 0 Å². The number of anilines is 1. The lowest BCUT2D eigenvalue weighted by Crippen LogP contribution is -2.33. The van der Waals surface area contributed by atoms with E-state index in [1.54, 1.807) is 7.11 Å². The SMILES string of the molecule is COCCNc1nnc(SC(C)C(=O)NC(C)c2ccccc2)s1. The number of rotatable bonds is 9. The van der Waals surface area contributed by atoms with Crippen LogP contribution in [0.1, 0.15) is 25.5 Å². The molecule has 0 aliphatic heterocycles. The quantitative estimate of drug-likeness (QED) is 0.525. The molecule has 6 nitrogen and oxygen atoms in total. The Balaban J connectivity index is 1.83. The molecule has 2 unspecified atom stereocenters. The number of hydrogen-bond acceptors (Lipinski definition) is 7. The van der Waals surface area contributed by atoms with E-state index in [0.717, 1.165) is 15.0 Å². The monoisotopic (exact) mass is 366 g/mol. The van der Waals surface area contributed by atoms with Gasteiger partial charge in [-0.05, 0) is 19.4 Å². The van der Waals surface area contributed by atoms with Crippen LogP contribution in [0.5, 0.6) is 0 Å². The molecule has 1 aromatic heterocycles. The number of methoxy groups -OCH3 is 1. The molecule has 0 fully saturated rings. The molecule has 24 heavy (non-hydrogen) atoms. The lowest BCUT2D eigenvalue weighted by atomic mass is 10.1. The Labute approximate surface area is 150 Å². The van der Waals surface area contributed by atoms with Gasteiger partial charge in [0.1, 0.15) is 0 Å². The van der Waals surface area contributed by atoms with Gasteiger partial charge in [-0.3, -0.25) is 4.79 Å². The minimum absolute atomic E-state index is 0.0135. The van der Waals surface area contributed by atoms with Crippen LogP contribution >= 0.6 is 23.1 Å². The van der Waals surface area contributed by atoms with Crippen molar-refractivity contribution in [2.45, 2.75) is 29.5 Å². The fraction of sp³-hybridized carbons (Fsp3) is 0.438. The van der Waals surface area contributed by atoms with Gasteiger partial charge in [0.2, 0.25) is 11.0 Å². The standard InChI is InChI=1S/C16H22N4O2S2/c1-11(13-7-5-4-6-8-13)18-14(21)12(2)23-16-20-19-15(24-16)17-9-10-22-3/h4-8,11-12H,9-10H2,1-3H3,(H,17,19)(H,18,21). The average molecular weight is 367 g/mol. The first-order valence-electron chi connectivity index (χ1n) is 7.68. The molecule has 2 aromatic rings. The third kappa shape index (κ3) is 5.77. The summed E-state index contributed by atoms with van der Waals surface area (Å²) in [5.74, 6) is -0.0135. The number of hydrogen-bond donors (Lipinski definition) is 2. The summed E-state index contributed by atoms with van der Waals surface area (Å²) in [6.07, 6.45) is 0. The molecule has 1 aromatic carbocycles. The van der Waals surface area contributed by atoms with Crippen molar-refractivity contribution in [2.75, 3.05) is 25.6 Å². The summed E-state index contributed by atoms with van der Waals surface area (Å²) >= 11 is 2.85. The van der Waals surface area contributed by atoms with Gasteiger partial charge in [-0.2, -0.15) is 0 Å². The van der Waals surface area contributed by atoms with Crippen molar-refractivity contribution in [3.05, 3.63) is 35.9 Å². The second-order valence-corrected chi connectivity index (χ2v) is 7.76. The van der Waals surface area contributed by atoms with Crippen molar-refractivity contribution in [1.82, 2.24) is 15.5 Å². The maximum absolute atomic E-state index is 12.3. The number of ether oxygens (including phenoxy) is 1. The summed E-state index contributed by atoms with van der Waals surface area (Å²) in [5.41, 5.74) is 1.09. The molecule has 0 aliphatic rings. The molecule has 1 heterocycles. The predicted molar refractivity (Wildman–Crippen MR) is 98.6 cm³/mol. The van der Waals surface area contributed by atoms with E-state index >= 15 is 0 Å². The minimum atomic E-state index is -0.240. The third-order valence-corrected chi connectivity index (χ3v) is 5.36. The Kier molecular flexibility index (Phi) is 7.48.